The normalized spacial score (nSPS) is 12.1. The Hall–Kier alpha value is -4.60. The fraction of sp³-hybridized carbons (Fsp3) is 0. The quantitative estimate of drug-likeness (QED) is 0.173. The number of hydrogen-bond donors (Lipinski definition) is 0. The van der Waals surface area contributed by atoms with E-state index in [-0.39, 0.29) is 0 Å². The van der Waals surface area contributed by atoms with Gasteiger partial charge in [0.15, 0.2) is 0 Å². The Morgan fingerprint density at radius 2 is 0.730 bits per heavy atom. The van der Waals surface area contributed by atoms with E-state index in [2.05, 4.69) is 121 Å². The van der Waals surface area contributed by atoms with Gasteiger partial charge >= 0.3 is 0 Å². The summed E-state index contributed by atoms with van der Waals surface area (Å²) >= 11 is 1.69. The minimum absolute atomic E-state index is 1.01. The topological polar surface area (TPSA) is 24.7 Å². The zero-order valence-corrected chi connectivity index (χ0v) is 20.8. The zero-order chi connectivity index (χ0) is 24.6. The second kappa shape index (κ2) is 9.12. The minimum Gasteiger partial charge on any atom is -0.254 e. The molecule has 2 nitrogen and oxygen atoms in total. The summed E-state index contributed by atoms with van der Waals surface area (Å²) in [6.07, 6.45) is 3.95. The zero-order valence-electron chi connectivity index (χ0n) is 20.0. The van der Waals surface area contributed by atoms with Crippen molar-refractivity contribution in [2.24, 2.45) is 9.98 Å². The fourth-order valence-corrected chi connectivity index (χ4v) is 5.78. The third kappa shape index (κ3) is 4.00. The van der Waals surface area contributed by atoms with Gasteiger partial charge in [-0.2, -0.15) is 0 Å². The Kier molecular flexibility index (Phi) is 5.34. The molecule has 1 aromatic heterocycles. The maximum absolute atomic E-state index is 4.99. The van der Waals surface area contributed by atoms with Gasteiger partial charge in [-0.15, -0.1) is 11.3 Å². The molecule has 0 aliphatic heterocycles. The van der Waals surface area contributed by atoms with Crippen LogP contribution in [0.1, 0.15) is 9.75 Å². The van der Waals surface area contributed by atoms with Gasteiger partial charge in [0.25, 0.3) is 0 Å². The van der Waals surface area contributed by atoms with Crippen LogP contribution in [0, 0.1) is 0 Å². The van der Waals surface area contributed by atoms with Crippen LogP contribution < -0.4 is 0 Å². The predicted molar refractivity (Wildman–Crippen MR) is 162 cm³/mol. The molecule has 174 valence electrons. The summed E-state index contributed by atoms with van der Waals surface area (Å²) < 4.78 is 0. The molecule has 0 aliphatic carbocycles. The molecule has 0 fully saturated rings. The molecule has 0 saturated carbocycles. The Morgan fingerprint density at radius 3 is 1.08 bits per heavy atom. The van der Waals surface area contributed by atoms with Crippen LogP contribution in [-0.4, -0.2) is 12.4 Å². The summed E-state index contributed by atoms with van der Waals surface area (Å²) in [5.41, 5.74) is 2.03. The van der Waals surface area contributed by atoms with E-state index in [0.717, 1.165) is 21.1 Å². The molecule has 7 aromatic rings. The maximum Gasteiger partial charge on any atom is 0.0786 e. The van der Waals surface area contributed by atoms with Crippen LogP contribution in [0.2, 0.25) is 0 Å². The smallest absolute Gasteiger partial charge is 0.0786 e. The second-order valence-electron chi connectivity index (χ2n) is 9.09. The molecule has 0 saturated heterocycles. The number of rotatable bonds is 4. The number of fused-ring (bicyclic) bond motifs is 4. The van der Waals surface area contributed by atoms with Crippen LogP contribution in [0.25, 0.3) is 43.1 Å². The van der Waals surface area contributed by atoms with Crippen molar-refractivity contribution in [3.05, 3.63) is 131 Å². The third-order valence-electron chi connectivity index (χ3n) is 6.77. The Balaban J connectivity index is 1.26. The van der Waals surface area contributed by atoms with Crippen molar-refractivity contribution in [2.45, 2.75) is 0 Å². The van der Waals surface area contributed by atoms with Gasteiger partial charge in [0.1, 0.15) is 0 Å². The second-order valence-corrected chi connectivity index (χ2v) is 10.2. The summed E-state index contributed by atoms with van der Waals surface area (Å²) in [4.78, 5) is 12.2. The molecule has 0 radical (unpaired) electrons. The molecule has 37 heavy (non-hydrogen) atoms. The van der Waals surface area contributed by atoms with E-state index in [4.69, 9.17) is 9.98 Å². The van der Waals surface area contributed by atoms with Crippen LogP contribution >= 0.6 is 11.3 Å². The van der Waals surface area contributed by atoms with Gasteiger partial charge < -0.3 is 0 Å². The highest BCUT2D eigenvalue weighted by molar-refractivity contribution is 7.15. The summed E-state index contributed by atoms with van der Waals surface area (Å²) in [6.45, 7) is 0. The average Bonchev–Trinajstić information content (AvgIpc) is 3.41. The number of nitrogens with zero attached hydrogens (tertiary/aromatic N) is 2. The molecular formula is C34H22N2S. The first-order valence-electron chi connectivity index (χ1n) is 12.3. The molecule has 0 aliphatic rings. The molecule has 1 heterocycles. The number of thiophene rings is 1. The van der Waals surface area contributed by atoms with E-state index in [0.29, 0.717) is 0 Å². The summed E-state index contributed by atoms with van der Waals surface area (Å²) in [5, 5.41) is 9.48. The highest BCUT2D eigenvalue weighted by atomic mass is 32.1. The van der Waals surface area contributed by atoms with E-state index in [1.807, 2.05) is 12.4 Å². The lowest BCUT2D eigenvalue weighted by Crippen LogP contribution is -1.81. The maximum atomic E-state index is 4.99. The van der Waals surface area contributed by atoms with Crippen molar-refractivity contribution in [2.75, 3.05) is 0 Å². The van der Waals surface area contributed by atoms with Crippen molar-refractivity contribution in [3.8, 4) is 0 Å². The lowest BCUT2D eigenvalue weighted by molar-refractivity contribution is 1.61. The van der Waals surface area contributed by atoms with Gasteiger partial charge in [0, 0.05) is 43.7 Å². The van der Waals surface area contributed by atoms with Crippen molar-refractivity contribution >= 4 is 78.2 Å². The Morgan fingerprint density at radius 1 is 0.405 bits per heavy atom. The lowest BCUT2D eigenvalue weighted by Gasteiger charge is -2.07. The molecular weight excluding hydrogens is 468 g/mol. The van der Waals surface area contributed by atoms with E-state index in [1.54, 1.807) is 11.3 Å². The monoisotopic (exact) mass is 490 g/mol. The largest absolute Gasteiger partial charge is 0.254 e. The van der Waals surface area contributed by atoms with Gasteiger partial charge in [-0.25, -0.2) is 0 Å². The highest BCUT2D eigenvalue weighted by Crippen LogP contribution is 2.36. The lowest BCUT2D eigenvalue weighted by atomic mass is 10.0. The van der Waals surface area contributed by atoms with Gasteiger partial charge in [-0.05, 0) is 45.8 Å². The van der Waals surface area contributed by atoms with Crippen LogP contribution in [0.3, 0.4) is 0 Å². The van der Waals surface area contributed by atoms with Crippen LogP contribution in [0.15, 0.2) is 131 Å². The van der Waals surface area contributed by atoms with Crippen molar-refractivity contribution in [1.29, 1.82) is 0 Å². The first-order chi connectivity index (χ1) is 18.3. The molecule has 0 N–H and O–H groups in total. The molecule has 3 heteroatoms. The van der Waals surface area contributed by atoms with Crippen LogP contribution in [0.4, 0.5) is 11.4 Å². The molecule has 0 spiro atoms. The van der Waals surface area contributed by atoms with E-state index < -0.39 is 0 Å². The van der Waals surface area contributed by atoms with E-state index in [1.165, 1.54) is 43.1 Å². The van der Waals surface area contributed by atoms with Crippen LogP contribution in [-0.2, 0) is 0 Å². The van der Waals surface area contributed by atoms with Crippen LogP contribution in [0.5, 0.6) is 0 Å². The van der Waals surface area contributed by atoms with Gasteiger partial charge in [-0.1, -0.05) is 97.1 Å². The Labute approximate surface area is 218 Å². The van der Waals surface area contributed by atoms with Crippen molar-refractivity contribution < 1.29 is 0 Å². The number of aliphatic imine (C=N–C) groups is 2. The first-order valence-corrected chi connectivity index (χ1v) is 13.1. The molecule has 0 amide bonds. The van der Waals surface area contributed by atoms with Gasteiger partial charge in [-0.3, -0.25) is 9.98 Å². The molecule has 0 atom stereocenters. The average molecular weight is 491 g/mol. The summed E-state index contributed by atoms with van der Waals surface area (Å²) in [6, 6.07) is 42.5. The van der Waals surface area contributed by atoms with Crippen molar-refractivity contribution in [1.82, 2.24) is 0 Å². The predicted octanol–water partition coefficient (Wildman–Crippen LogP) is 9.86. The molecule has 7 rings (SSSR count). The number of benzene rings is 6. The summed E-state index contributed by atoms with van der Waals surface area (Å²) in [5.74, 6) is 0. The SMILES string of the molecule is C(=Nc1c2ccccc2cc2ccccc12)c1ccc(C=Nc2c3ccccc3cc3ccccc23)s1. The van der Waals surface area contributed by atoms with Crippen molar-refractivity contribution in [3.63, 3.8) is 0 Å². The van der Waals surface area contributed by atoms with Gasteiger partial charge in [0.2, 0.25) is 0 Å². The Bertz CT molecular complexity index is 1740. The highest BCUT2D eigenvalue weighted by Gasteiger charge is 2.08. The standard InChI is InChI=1S/C34H22N2S/c1-5-13-29-23(9-1)19-24-10-2-6-14-30(24)33(29)35-21-27-17-18-28(37-27)22-36-34-31-15-7-3-11-25(31)20-26-12-4-8-16-32(26)34/h1-22H. The minimum atomic E-state index is 1.01. The van der Waals surface area contributed by atoms with E-state index in [9.17, 15) is 0 Å². The molecule has 0 unspecified atom stereocenters. The number of hydrogen-bond acceptors (Lipinski definition) is 3. The summed E-state index contributed by atoms with van der Waals surface area (Å²) in [7, 11) is 0. The molecule has 6 aromatic carbocycles. The van der Waals surface area contributed by atoms with Gasteiger partial charge in [0.05, 0.1) is 11.4 Å². The fourth-order valence-electron chi connectivity index (χ4n) is 5.02. The third-order valence-corrected chi connectivity index (χ3v) is 7.73. The molecule has 0 bridgehead atoms. The first kappa shape index (κ1) is 21.7. The van der Waals surface area contributed by atoms with E-state index >= 15 is 0 Å².